The number of methoxy groups -OCH3 is 2. The van der Waals surface area contributed by atoms with E-state index in [0.29, 0.717) is 0 Å². The van der Waals surface area contributed by atoms with Gasteiger partial charge in [0.15, 0.2) is 0 Å². The van der Waals surface area contributed by atoms with Crippen LogP contribution in [0.4, 0.5) is 0 Å². The fraction of sp³-hybridized carbons (Fsp3) is 0.800. The van der Waals surface area contributed by atoms with Crippen molar-refractivity contribution in [2.24, 2.45) is 0 Å². The number of rotatable bonds is 2. The molecule has 0 bridgehead atoms. The van der Waals surface area contributed by atoms with Gasteiger partial charge in [0.1, 0.15) is 0 Å². The average Bonchev–Trinajstić information content (AvgIpc) is 2.10. The Hall–Kier alpha value is -0.340. The quantitative estimate of drug-likeness (QED) is 0.591. The highest BCUT2D eigenvalue weighted by Crippen LogP contribution is 2.38. The number of hydrogen-bond acceptors (Lipinski definition) is 2. The Balaban J connectivity index is 2.90. The molecule has 0 fully saturated rings. The summed E-state index contributed by atoms with van der Waals surface area (Å²) in [7, 11) is 3.49. The zero-order valence-electron chi connectivity index (χ0n) is 8.39. The van der Waals surface area contributed by atoms with Crippen molar-refractivity contribution >= 4 is 0 Å². The first-order valence-electron chi connectivity index (χ1n) is 4.33. The van der Waals surface area contributed by atoms with E-state index < -0.39 is 0 Å². The van der Waals surface area contributed by atoms with Crippen molar-refractivity contribution in [3.05, 3.63) is 12.2 Å². The van der Waals surface area contributed by atoms with Crippen LogP contribution in [0.5, 0.6) is 0 Å². The predicted molar refractivity (Wildman–Crippen MR) is 49.2 cm³/mol. The van der Waals surface area contributed by atoms with Crippen molar-refractivity contribution in [1.82, 2.24) is 0 Å². The Morgan fingerprint density at radius 3 is 1.50 bits per heavy atom. The largest absolute Gasteiger partial charge is 0.375 e. The van der Waals surface area contributed by atoms with E-state index in [2.05, 4.69) is 26.0 Å². The van der Waals surface area contributed by atoms with E-state index in [1.807, 2.05) is 0 Å². The molecule has 0 aromatic heterocycles. The summed E-state index contributed by atoms with van der Waals surface area (Å²) in [5.74, 6) is 0. The van der Waals surface area contributed by atoms with Crippen LogP contribution in [0.25, 0.3) is 0 Å². The zero-order valence-corrected chi connectivity index (χ0v) is 8.39. The molecule has 0 aliphatic heterocycles. The van der Waals surface area contributed by atoms with Gasteiger partial charge in [-0.2, -0.15) is 0 Å². The fourth-order valence-electron chi connectivity index (χ4n) is 1.65. The van der Waals surface area contributed by atoms with Crippen LogP contribution < -0.4 is 0 Å². The SMILES string of the molecule is CO[C@]1(C)CC=CC[C@]1(C)OC. The average molecular weight is 170 g/mol. The van der Waals surface area contributed by atoms with Gasteiger partial charge in [-0.3, -0.25) is 0 Å². The molecular formula is C10H18O2. The minimum absolute atomic E-state index is 0.184. The Morgan fingerprint density at radius 2 is 1.25 bits per heavy atom. The van der Waals surface area contributed by atoms with Crippen LogP contribution in [0.2, 0.25) is 0 Å². The molecule has 0 spiro atoms. The molecule has 0 amide bonds. The van der Waals surface area contributed by atoms with E-state index >= 15 is 0 Å². The first kappa shape index (κ1) is 9.75. The first-order chi connectivity index (χ1) is 5.58. The third-order valence-electron chi connectivity index (χ3n) is 3.20. The van der Waals surface area contributed by atoms with Crippen molar-refractivity contribution in [2.75, 3.05) is 14.2 Å². The maximum Gasteiger partial charge on any atom is 0.0973 e. The Kier molecular flexibility index (Phi) is 2.59. The molecule has 0 radical (unpaired) electrons. The molecule has 0 N–H and O–H groups in total. The smallest absolute Gasteiger partial charge is 0.0973 e. The summed E-state index contributed by atoms with van der Waals surface area (Å²) in [5, 5.41) is 0. The van der Waals surface area contributed by atoms with Gasteiger partial charge in [0.2, 0.25) is 0 Å². The maximum atomic E-state index is 5.51. The van der Waals surface area contributed by atoms with Gasteiger partial charge in [-0.25, -0.2) is 0 Å². The molecule has 12 heavy (non-hydrogen) atoms. The van der Waals surface area contributed by atoms with Gasteiger partial charge < -0.3 is 9.47 Å². The highest BCUT2D eigenvalue weighted by atomic mass is 16.5. The maximum absolute atomic E-state index is 5.51. The molecule has 0 saturated heterocycles. The van der Waals surface area contributed by atoms with Crippen molar-refractivity contribution in [1.29, 1.82) is 0 Å². The molecule has 1 rings (SSSR count). The summed E-state index contributed by atoms with van der Waals surface area (Å²) in [6, 6.07) is 0. The molecule has 2 heteroatoms. The zero-order chi connectivity index (χ0) is 9.24. The van der Waals surface area contributed by atoms with Gasteiger partial charge in [0.05, 0.1) is 11.2 Å². The first-order valence-corrected chi connectivity index (χ1v) is 4.33. The van der Waals surface area contributed by atoms with E-state index in [1.165, 1.54) is 0 Å². The third-order valence-corrected chi connectivity index (χ3v) is 3.20. The molecule has 0 unspecified atom stereocenters. The predicted octanol–water partition coefficient (Wildman–Crippen LogP) is 2.15. The van der Waals surface area contributed by atoms with Gasteiger partial charge in [-0.15, -0.1) is 0 Å². The minimum atomic E-state index is -0.184. The van der Waals surface area contributed by atoms with Crippen LogP contribution >= 0.6 is 0 Å². The fourth-order valence-corrected chi connectivity index (χ4v) is 1.65. The third kappa shape index (κ3) is 1.29. The lowest BCUT2D eigenvalue weighted by Crippen LogP contribution is -2.53. The summed E-state index contributed by atoms with van der Waals surface area (Å²) in [6.45, 7) is 4.19. The van der Waals surface area contributed by atoms with Gasteiger partial charge in [0, 0.05) is 14.2 Å². The molecule has 2 atom stereocenters. The van der Waals surface area contributed by atoms with Crippen molar-refractivity contribution in [2.45, 2.75) is 37.9 Å². The molecule has 0 aromatic rings. The standard InChI is InChI=1S/C10H18O2/c1-9(11-3)7-5-6-8-10(9,2)12-4/h5-6H,7-8H2,1-4H3/t9-,10+. The lowest BCUT2D eigenvalue weighted by atomic mass is 9.77. The van der Waals surface area contributed by atoms with Crippen LogP contribution in [-0.4, -0.2) is 25.4 Å². The van der Waals surface area contributed by atoms with Crippen LogP contribution in [0.15, 0.2) is 12.2 Å². The summed E-state index contributed by atoms with van der Waals surface area (Å²) in [4.78, 5) is 0. The van der Waals surface area contributed by atoms with E-state index in [9.17, 15) is 0 Å². The van der Waals surface area contributed by atoms with Crippen LogP contribution in [0, 0.1) is 0 Å². The molecule has 0 saturated carbocycles. The Morgan fingerprint density at radius 1 is 0.917 bits per heavy atom. The summed E-state index contributed by atoms with van der Waals surface area (Å²) in [6.07, 6.45) is 6.16. The summed E-state index contributed by atoms with van der Waals surface area (Å²) < 4.78 is 11.0. The molecule has 1 aliphatic rings. The second-order valence-corrected chi connectivity index (χ2v) is 3.75. The molecule has 2 nitrogen and oxygen atoms in total. The van der Waals surface area contributed by atoms with Gasteiger partial charge in [-0.05, 0) is 26.7 Å². The normalized spacial score (nSPS) is 41.7. The monoisotopic (exact) mass is 170 g/mol. The van der Waals surface area contributed by atoms with Crippen molar-refractivity contribution in [3.63, 3.8) is 0 Å². The molecule has 70 valence electrons. The highest BCUT2D eigenvalue weighted by Gasteiger charge is 2.45. The molecule has 0 heterocycles. The number of hydrogen-bond donors (Lipinski definition) is 0. The van der Waals surface area contributed by atoms with Crippen molar-refractivity contribution in [3.8, 4) is 0 Å². The summed E-state index contributed by atoms with van der Waals surface area (Å²) in [5.41, 5.74) is -0.368. The number of ether oxygens (including phenoxy) is 2. The van der Waals surface area contributed by atoms with Crippen LogP contribution in [0.3, 0.4) is 0 Å². The molecule has 0 aromatic carbocycles. The minimum Gasteiger partial charge on any atom is -0.375 e. The van der Waals surface area contributed by atoms with Gasteiger partial charge >= 0.3 is 0 Å². The topological polar surface area (TPSA) is 18.5 Å². The second-order valence-electron chi connectivity index (χ2n) is 3.75. The Labute approximate surface area is 74.6 Å². The van der Waals surface area contributed by atoms with E-state index in [1.54, 1.807) is 14.2 Å². The molecule has 1 aliphatic carbocycles. The van der Waals surface area contributed by atoms with E-state index in [4.69, 9.17) is 9.47 Å². The lowest BCUT2D eigenvalue weighted by Gasteiger charge is -2.45. The lowest BCUT2D eigenvalue weighted by molar-refractivity contribution is -0.168. The van der Waals surface area contributed by atoms with E-state index in [-0.39, 0.29) is 11.2 Å². The van der Waals surface area contributed by atoms with E-state index in [0.717, 1.165) is 12.8 Å². The van der Waals surface area contributed by atoms with Crippen LogP contribution in [0.1, 0.15) is 26.7 Å². The second kappa shape index (κ2) is 3.19. The van der Waals surface area contributed by atoms with Gasteiger partial charge in [-0.1, -0.05) is 12.2 Å². The van der Waals surface area contributed by atoms with Crippen molar-refractivity contribution < 1.29 is 9.47 Å². The van der Waals surface area contributed by atoms with Crippen LogP contribution in [-0.2, 0) is 9.47 Å². The summed E-state index contributed by atoms with van der Waals surface area (Å²) >= 11 is 0. The molecular weight excluding hydrogens is 152 g/mol. The van der Waals surface area contributed by atoms with Gasteiger partial charge in [0.25, 0.3) is 0 Å². The Bertz CT molecular complexity index is 168. The highest BCUT2D eigenvalue weighted by molar-refractivity contribution is 5.10.